The van der Waals surface area contributed by atoms with E-state index in [-0.39, 0.29) is 0 Å². The molecule has 1 aromatic rings. The lowest BCUT2D eigenvalue weighted by Gasteiger charge is -2.29. The number of fused-ring (bicyclic) bond motifs is 1. The summed E-state index contributed by atoms with van der Waals surface area (Å²) in [5, 5.41) is 3.40. The zero-order chi connectivity index (χ0) is 15.5. The minimum atomic E-state index is 0.845. The molecule has 0 radical (unpaired) electrons. The molecule has 0 saturated heterocycles. The highest BCUT2D eigenvalue weighted by molar-refractivity contribution is 5.44. The van der Waals surface area contributed by atoms with Crippen LogP contribution in [0.3, 0.4) is 0 Å². The highest BCUT2D eigenvalue weighted by atomic mass is 15.3. The Morgan fingerprint density at radius 3 is 2.27 bits per heavy atom. The SMILES string of the molecule is CCCCCCCCCCCCN1CNCc2nccnc21. The van der Waals surface area contributed by atoms with Crippen molar-refractivity contribution >= 4 is 5.82 Å². The minimum Gasteiger partial charge on any atom is -0.342 e. The van der Waals surface area contributed by atoms with Crippen molar-refractivity contribution in [2.75, 3.05) is 18.1 Å². The molecule has 2 rings (SSSR count). The summed E-state index contributed by atoms with van der Waals surface area (Å²) in [6, 6.07) is 0. The van der Waals surface area contributed by atoms with Crippen molar-refractivity contribution in [3.05, 3.63) is 18.1 Å². The molecule has 1 aliphatic rings. The third-order valence-electron chi connectivity index (χ3n) is 4.43. The molecule has 1 N–H and O–H groups in total. The zero-order valence-electron chi connectivity index (χ0n) is 14.2. The number of nitrogens with one attached hydrogen (secondary N) is 1. The molecule has 0 saturated carbocycles. The van der Waals surface area contributed by atoms with Gasteiger partial charge < -0.3 is 4.90 Å². The van der Waals surface area contributed by atoms with Crippen molar-refractivity contribution in [2.45, 2.75) is 77.7 Å². The topological polar surface area (TPSA) is 41.0 Å². The third-order valence-corrected chi connectivity index (χ3v) is 4.43. The molecule has 1 aromatic heterocycles. The first-order chi connectivity index (χ1) is 10.9. The van der Waals surface area contributed by atoms with Crippen LogP contribution >= 0.6 is 0 Å². The summed E-state index contributed by atoms with van der Waals surface area (Å²) in [7, 11) is 0. The molecule has 2 heterocycles. The largest absolute Gasteiger partial charge is 0.342 e. The van der Waals surface area contributed by atoms with Crippen LogP contribution in [0.5, 0.6) is 0 Å². The van der Waals surface area contributed by atoms with Gasteiger partial charge in [-0.1, -0.05) is 64.7 Å². The summed E-state index contributed by atoms with van der Waals surface area (Å²) < 4.78 is 0. The molecule has 1 aliphatic heterocycles. The van der Waals surface area contributed by atoms with Crippen molar-refractivity contribution in [2.24, 2.45) is 0 Å². The van der Waals surface area contributed by atoms with Gasteiger partial charge in [0, 0.05) is 25.5 Å². The van der Waals surface area contributed by atoms with Gasteiger partial charge in [0.15, 0.2) is 5.82 Å². The minimum absolute atomic E-state index is 0.845. The van der Waals surface area contributed by atoms with E-state index in [9.17, 15) is 0 Å². The maximum atomic E-state index is 4.49. The molecule has 0 aliphatic carbocycles. The molecule has 124 valence electrons. The fourth-order valence-electron chi connectivity index (χ4n) is 3.11. The number of anilines is 1. The Morgan fingerprint density at radius 2 is 1.55 bits per heavy atom. The van der Waals surface area contributed by atoms with Crippen LogP contribution in [-0.4, -0.2) is 23.2 Å². The predicted molar refractivity (Wildman–Crippen MR) is 92.9 cm³/mol. The summed E-state index contributed by atoms with van der Waals surface area (Å²) in [5.41, 5.74) is 1.08. The molecule has 0 amide bonds. The van der Waals surface area contributed by atoms with E-state index in [0.717, 1.165) is 31.3 Å². The number of nitrogens with zero attached hydrogens (tertiary/aromatic N) is 3. The number of hydrogen-bond donors (Lipinski definition) is 1. The highest BCUT2D eigenvalue weighted by Gasteiger charge is 2.17. The number of aromatic nitrogens is 2. The van der Waals surface area contributed by atoms with Crippen LogP contribution in [0.4, 0.5) is 5.82 Å². The van der Waals surface area contributed by atoms with Gasteiger partial charge in [-0.15, -0.1) is 0 Å². The first-order valence-electron chi connectivity index (χ1n) is 9.17. The summed E-state index contributed by atoms with van der Waals surface area (Å²) in [6.45, 7) is 5.12. The fourth-order valence-corrected chi connectivity index (χ4v) is 3.11. The molecule has 22 heavy (non-hydrogen) atoms. The lowest BCUT2D eigenvalue weighted by atomic mass is 10.1. The van der Waals surface area contributed by atoms with Crippen LogP contribution in [0.1, 0.15) is 76.8 Å². The lowest BCUT2D eigenvalue weighted by Crippen LogP contribution is -2.40. The first kappa shape index (κ1) is 17.2. The van der Waals surface area contributed by atoms with E-state index >= 15 is 0 Å². The van der Waals surface area contributed by atoms with Gasteiger partial charge in [-0.3, -0.25) is 10.3 Å². The van der Waals surface area contributed by atoms with E-state index < -0.39 is 0 Å². The Labute approximate surface area is 135 Å². The second-order valence-electron chi connectivity index (χ2n) is 6.36. The van der Waals surface area contributed by atoms with Gasteiger partial charge in [-0.25, -0.2) is 4.98 Å². The maximum Gasteiger partial charge on any atom is 0.152 e. The standard InChI is InChI=1S/C18H32N4/c1-2-3-4-5-6-7-8-9-10-11-14-22-16-19-15-17-18(22)21-13-12-20-17/h12-13,19H,2-11,14-16H2,1H3. The molecule has 0 bridgehead atoms. The van der Waals surface area contributed by atoms with E-state index in [0.29, 0.717) is 0 Å². The average molecular weight is 304 g/mol. The van der Waals surface area contributed by atoms with Crippen LogP contribution < -0.4 is 10.2 Å². The zero-order valence-corrected chi connectivity index (χ0v) is 14.2. The summed E-state index contributed by atoms with van der Waals surface area (Å²) in [6.07, 6.45) is 17.4. The van der Waals surface area contributed by atoms with Gasteiger partial charge in [-0.2, -0.15) is 0 Å². The van der Waals surface area contributed by atoms with Crippen molar-refractivity contribution in [1.29, 1.82) is 0 Å². The molecule has 4 heteroatoms. The van der Waals surface area contributed by atoms with Crippen LogP contribution in [0.15, 0.2) is 12.4 Å². The number of unbranched alkanes of at least 4 members (excludes halogenated alkanes) is 9. The van der Waals surface area contributed by atoms with Gasteiger partial charge in [-0.05, 0) is 6.42 Å². The predicted octanol–water partition coefficient (Wildman–Crippen LogP) is 4.26. The highest BCUT2D eigenvalue weighted by Crippen LogP contribution is 2.18. The Kier molecular flexibility index (Phi) is 8.24. The van der Waals surface area contributed by atoms with Crippen molar-refractivity contribution in [1.82, 2.24) is 15.3 Å². The van der Waals surface area contributed by atoms with Gasteiger partial charge in [0.1, 0.15) is 0 Å². The molecular weight excluding hydrogens is 272 g/mol. The second kappa shape index (κ2) is 10.5. The molecule has 0 atom stereocenters. The Morgan fingerprint density at radius 1 is 0.909 bits per heavy atom. The summed E-state index contributed by atoms with van der Waals surface area (Å²) in [4.78, 5) is 11.2. The molecule has 0 unspecified atom stereocenters. The van der Waals surface area contributed by atoms with Crippen LogP contribution in [-0.2, 0) is 6.54 Å². The van der Waals surface area contributed by atoms with Crippen molar-refractivity contribution in [3.63, 3.8) is 0 Å². The lowest BCUT2D eigenvalue weighted by molar-refractivity contribution is 0.538. The summed E-state index contributed by atoms with van der Waals surface area (Å²) in [5.74, 6) is 1.08. The van der Waals surface area contributed by atoms with Gasteiger partial charge in [0.25, 0.3) is 0 Å². The average Bonchev–Trinajstić information content (AvgIpc) is 2.56. The Balaban J connectivity index is 1.51. The van der Waals surface area contributed by atoms with E-state index in [1.54, 1.807) is 12.4 Å². The molecular formula is C18H32N4. The van der Waals surface area contributed by atoms with E-state index in [4.69, 9.17) is 0 Å². The van der Waals surface area contributed by atoms with E-state index in [2.05, 4.69) is 27.1 Å². The molecule has 0 fully saturated rings. The van der Waals surface area contributed by atoms with Gasteiger partial charge in [0.2, 0.25) is 0 Å². The Hall–Kier alpha value is -1.16. The molecule has 4 nitrogen and oxygen atoms in total. The van der Waals surface area contributed by atoms with Crippen molar-refractivity contribution in [3.8, 4) is 0 Å². The number of rotatable bonds is 11. The van der Waals surface area contributed by atoms with Crippen molar-refractivity contribution < 1.29 is 0 Å². The fraction of sp³-hybridized carbons (Fsp3) is 0.778. The molecule has 0 spiro atoms. The quantitative estimate of drug-likeness (QED) is 0.620. The monoisotopic (exact) mass is 304 g/mol. The smallest absolute Gasteiger partial charge is 0.152 e. The molecule has 0 aromatic carbocycles. The van der Waals surface area contributed by atoms with Crippen LogP contribution in [0.25, 0.3) is 0 Å². The van der Waals surface area contributed by atoms with Crippen LogP contribution in [0.2, 0.25) is 0 Å². The van der Waals surface area contributed by atoms with E-state index in [1.165, 1.54) is 64.2 Å². The van der Waals surface area contributed by atoms with Gasteiger partial charge in [0.05, 0.1) is 12.4 Å². The summed E-state index contributed by atoms with van der Waals surface area (Å²) >= 11 is 0. The van der Waals surface area contributed by atoms with Crippen LogP contribution in [0, 0.1) is 0 Å². The van der Waals surface area contributed by atoms with E-state index in [1.807, 2.05) is 0 Å². The maximum absolute atomic E-state index is 4.49. The Bertz CT molecular complexity index is 408. The second-order valence-corrected chi connectivity index (χ2v) is 6.36. The van der Waals surface area contributed by atoms with Gasteiger partial charge >= 0.3 is 0 Å². The first-order valence-corrected chi connectivity index (χ1v) is 9.17. The third kappa shape index (κ3) is 5.91. The normalized spacial score (nSPS) is 14.1. The number of hydrogen-bond acceptors (Lipinski definition) is 4.